The third-order valence-electron chi connectivity index (χ3n) is 4.45. The molecule has 142 valence electrons. The van der Waals surface area contributed by atoms with Crippen LogP contribution in [0.3, 0.4) is 0 Å². The Morgan fingerprint density at radius 3 is 2.58 bits per heavy atom. The predicted molar refractivity (Wildman–Crippen MR) is 110 cm³/mol. The summed E-state index contributed by atoms with van der Waals surface area (Å²) in [6.07, 6.45) is 5.07. The Kier molecular flexibility index (Phi) is 9.89. The van der Waals surface area contributed by atoms with E-state index in [-0.39, 0.29) is 36.2 Å². The molecule has 2 fully saturated rings. The summed E-state index contributed by atoms with van der Waals surface area (Å²) in [5.41, 5.74) is 0.387. The Labute approximate surface area is 165 Å². The van der Waals surface area contributed by atoms with Crippen molar-refractivity contribution in [3.63, 3.8) is 0 Å². The van der Waals surface area contributed by atoms with E-state index >= 15 is 0 Å². The maximum atomic E-state index is 5.94. The van der Waals surface area contributed by atoms with Crippen LogP contribution in [0.25, 0.3) is 0 Å². The Hall–Kier alpha value is -0.0800. The van der Waals surface area contributed by atoms with Gasteiger partial charge in [0, 0.05) is 32.8 Å². The van der Waals surface area contributed by atoms with Crippen LogP contribution in [-0.4, -0.2) is 62.5 Å². The summed E-state index contributed by atoms with van der Waals surface area (Å²) in [5, 5.41) is 3.44. The van der Waals surface area contributed by atoms with Crippen LogP contribution in [0.1, 0.15) is 53.4 Å². The van der Waals surface area contributed by atoms with E-state index < -0.39 is 0 Å². The van der Waals surface area contributed by atoms with Gasteiger partial charge in [-0.25, -0.2) is 0 Å². The number of morpholine rings is 1. The van der Waals surface area contributed by atoms with Gasteiger partial charge in [0.05, 0.1) is 12.7 Å². The molecule has 0 aromatic heterocycles. The standard InChI is InChI=1S/C18H35N3O2.HI/c1-5-19-17(20-10-7-9-18(2,3)4)21-11-13-23-16(14-21)15-8-6-12-22-15;/h15-16H,5-14H2,1-4H3,(H,19,20);1H. The molecule has 0 aliphatic carbocycles. The number of hydrogen-bond acceptors (Lipinski definition) is 3. The fraction of sp³-hybridized carbons (Fsp3) is 0.944. The molecule has 2 aliphatic heterocycles. The predicted octanol–water partition coefficient (Wildman–Crippen LogP) is 3.28. The molecule has 6 heteroatoms. The molecule has 24 heavy (non-hydrogen) atoms. The number of hydrogen-bond donors (Lipinski definition) is 1. The zero-order valence-electron chi connectivity index (χ0n) is 15.8. The summed E-state index contributed by atoms with van der Waals surface area (Å²) >= 11 is 0. The van der Waals surface area contributed by atoms with Gasteiger partial charge in [0.15, 0.2) is 5.96 Å². The molecule has 0 amide bonds. The molecule has 0 aromatic carbocycles. The van der Waals surface area contributed by atoms with Crippen molar-refractivity contribution < 1.29 is 9.47 Å². The topological polar surface area (TPSA) is 46.1 Å². The van der Waals surface area contributed by atoms with Gasteiger partial charge in [0.2, 0.25) is 0 Å². The first kappa shape index (κ1) is 22.0. The molecule has 2 saturated heterocycles. The number of rotatable bonds is 5. The smallest absolute Gasteiger partial charge is 0.194 e. The highest BCUT2D eigenvalue weighted by Crippen LogP contribution is 2.22. The molecule has 2 heterocycles. The van der Waals surface area contributed by atoms with Gasteiger partial charge in [-0.05, 0) is 38.0 Å². The highest BCUT2D eigenvalue weighted by Gasteiger charge is 2.32. The highest BCUT2D eigenvalue weighted by molar-refractivity contribution is 14.0. The number of halogens is 1. The fourth-order valence-corrected chi connectivity index (χ4v) is 3.21. The molecule has 0 spiro atoms. The van der Waals surface area contributed by atoms with Crippen LogP contribution in [0.15, 0.2) is 4.99 Å². The largest absolute Gasteiger partial charge is 0.375 e. The molecule has 0 bridgehead atoms. The number of nitrogens with zero attached hydrogens (tertiary/aromatic N) is 2. The monoisotopic (exact) mass is 453 g/mol. The van der Waals surface area contributed by atoms with E-state index in [9.17, 15) is 0 Å². The SMILES string of the molecule is CCNC(=NCCCC(C)(C)C)N1CCOC(C2CCCO2)C1.I. The minimum atomic E-state index is 0. The van der Waals surface area contributed by atoms with Gasteiger partial charge in [-0.2, -0.15) is 0 Å². The molecule has 0 aromatic rings. The van der Waals surface area contributed by atoms with E-state index in [0.717, 1.165) is 64.6 Å². The van der Waals surface area contributed by atoms with E-state index in [1.807, 2.05) is 0 Å². The number of nitrogens with one attached hydrogen (secondary N) is 1. The lowest BCUT2D eigenvalue weighted by Crippen LogP contribution is -2.53. The van der Waals surface area contributed by atoms with Gasteiger partial charge in [0.25, 0.3) is 0 Å². The first-order valence-corrected chi connectivity index (χ1v) is 9.26. The van der Waals surface area contributed by atoms with Crippen molar-refractivity contribution in [1.82, 2.24) is 10.2 Å². The quantitative estimate of drug-likeness (QED) is 0.301. The van der Waals surface area contributed by atoms with Gasteiger partial charge in [-0.1, -0.05) is 20.8 Å². The first-order chi connectivity index (χ1) is 11.0. The molecule has 2 atom stereocenters. The maximum Gasteiger partial charge on any atom is 0.194 e. The molecule has 2 unspecified atom stereocenters. The lowest BCUT2D eigenvalue weighted by molar-refractivity contribution is -0.0817. The van der Waals surface area contributed by atoms with Crippen molar-refractivity contribution in [3.8, 4) is 0 Å². The average Bonchev–Trinajstić information content (AvgIpc) is 3.04. The minimum absolute atomic E-state index is 0. The Balaban J connectivity index is 0.00000288. The normalized spacial score (nSPS) is 25.5. The molecule has 5 nitrogen and oxygen atoms in total. The van der Waals surface area contributed by atoms with Crippen LogP contribution in [0.4, 0.5) is 0 Å². The van der Waals surface area contributed by atoms with Crippen LogP contribution < -0.4 is 5.32 Å². The van der Waals surface area contributed by atoms with Gasteiger partial charge < -0.3 is 19.7 Å². The second-order valence-electron chi connectivity index (χ2n) is 7.81. The molecule has 1 N–H and O–H groups in total. The highest BCUT2D eigenvalue weighted by atomic mass is 127. The number of guanidine groups is 1. The summed E-state index contributed by atoms with van der Waals surface area (Å²) in [7, 11) is 0. The van der Waals surface area contributed by atoms with Crippen molar-refractivity contribution >= 4 is 29.9 Å². The zero-order valence-corrected chi connectivity index (χ0v) is 18.2. The second-order valence-corrected chi connectivity index (χ2v) is 7.81. The molecular formula is C18H36IN3O2. The summed E-state index contributed by atoms with van der Waals surface area (Å²) in [5.74, 6) is 1.03. The van der Waals surface area contributed by atoms with Crippen molar-refractivity contribution in [2.45, 2.75) is 65.6 Å². The Morgan fingerprint density at radius 2 is 1.96 bits per heavy atom. The first-order valence-electron chi connectivity index (χ1n) is 9.26. The summed E-state index contributed by atoms with van der Waals surface area (Å²) in [6, 6.07) is 0. The molecular weight excluding hydrogens is 417 g/mol. The molecule has 2 aliphatic rings. The van der Waals surface area contributed by atoms with Crippen LogP contribution in [0.5, 0.6) is 0 Å². The third kappa shape index (κ3) is 7.44. The van der Waals surface area contributed by atoms with Crippen LogP contribution in [-0.2, 0) is 9.47 Å². The van der Waals surface area contributed by atoms with E-state index in [4.69, 9.17) is 14.5 Å². The van der Waals surface area contributed by atoms with Crippen molar-refractivity contribution in [3.05, 3.63) is 0 Å². The van der Waals surface area contributed by atoms with Gasteiger partial charge in [0.1, 0.15) is 6.10 Å². The van der Waals surface area contributed by atoms with Crippen LogP contribution >= 0.6 is 24.0 Å². The van der Waals surface area contributed by atoms with Crippen molar-refractivity contribution in [2.75, 3.05) is 39.4 Å². The summed E-state index contributed by atoms with van der Waals surface area (Å²) in [6.45, 7) is 14.2. The van der Waals surface area contributed by atoms with E-state index in [2.05, 4.69) is 37.9 Å². The summed E-state index contributed by atoms with van der Waals surface area (Å²) < 4.78 is 11.7. The van der Waals surface area contributed by atoms with Crippen molar-refractivity contribution in [2.24, 2.45) is 10.4 Å². The number of aliphatic imine (C=N–C) groups is 1. The van der Waals surface area contributed by atoms with Gasteiger partial charge in [-0.3, -0.25) is 4.99 Å². The van der Waals surface area contributed by atoms with E-state index in [1.54, 1.807) is 0 Å². The summed E-state index contributed by atoms with van der Waals surface area (Å²) in [4.78, 5) is 7.18. The lowest BCUT2D eigenvalue weighted by Gasteiger charge is -2.37. The van der Waals surface area contributed by atoms with E-state index in [1.165, 1.54) is 6.42 Å². The second kappa shape index (κ2) is 10.8. The van der Waals surface area contributed by atoms with Crippen LogP contribution in [0, 0.1) is 5.41 Å². The average molecular weight is 453 g/mol. The minimum Gasteiger partial charge on any atom is -0.375 e. The lowest BCUT2D eigenvalue weighted by atomic mass is 9.91. The molecule has 2 rings (SSSR count). The fourth-order valence-electron chi connectivity index (χ4n) is 3.21. The Bertz CT molecular complexity index is 379. The van der Waals surface area contributed by atoms with Gasteiger partial charge in [-0.15, -0.1) is 24.0 Å². The molecule has 0 saturated carbocycles. The van der Waals surface area contributed by atoms with E-state index in [0.29, 0.717) is 5.41 Å². The third-order valence-corrected chi connectivity index (χ3v) is 4.45. The van der Waals surface area contributed by atoms with Crippen LogP contribution in [0.2, 0.25) is 0 Å². The van der Waals surface area contributed by atoms with Crippen molar-refractivity contribution in [1.29, 1.82) is 0 Å². The van der Waals surface area contributed by atoms with Gasteiger partial charge >= 0.3 is 0 Å². The molecule has 0 radical (unpaired) electrons. The zero-order chi connectivity index (χ0) is 16.7. The number of ether oxygens (including phenoxy) is 2. The Morgan fingerprint density at radius 1 is 1.21 bits per heavy atom. The maximum absolute atomic E-state index is 5.94.